The van der Waals surface area contributed by atoms with Gasteiger partial charge in [-0.25, -0.2) is 8.42 Å². The van der Waals surface area contributed by atoms with Gasteiger partial charge in [-0.15, -0.1) is 12.4 Å². The van der Waals surface area contributed by atoms with Crippen LogP contribution in [0.4, 0.5) is 0 Å². The predicted octanol–water partition coefficient (Wildman–Crippen LogP) is 1.15. The standard InChI is InChI=1S/C16H25N3O3S.ClH/c1-12-4-5-15(10-13(12)2)23(21,22)19-8-6-18(7-9-19)16(20)14(3)11-17;/h4-5,10,14H,6-9,11,17H2,1-3H3;1H. The highest BCUT2D eigenvalue weighted by Crippen LogP contribution is 2.20. The van der Waals surface area contributed by atoms with Crippen LogP contribution in [0.5, 0.6) is 0 Å². The lowest BCUT2D eigenvalue weighted by atomic mass is 10.1. The molecule has 1 amide bonds. The number of carbonyl (C=O) groups is 1. The molecule has 2 rings (SSSR count). The first kappa shape index (κ1) is 20.9. The zero-order valence-corrected chi connectivity index (χ0v) is 16.0. The molecule has 0 bridgehead atoms. The molecule has 0 saturated carbocycles. The molecule has 1 aromatic carbocycles. The highest BCUT2D eigenvalue weighted by molar-refractivity contribution is 7.89. The van der Waals surface area contributed by atoms with Crippen LogP contribution in [0, 0.1) is 19.8 Å². The van der Waals surface area contributed by atoms with Gasteiger partial charge in [-0.3, -0.25) is 4.79 Å². The van der Waals surface area contributed by atoms with Gasteiger partial charge in [0.25, 0.3) is 0 Å². The number of rotatable bonds is 4. The van der Waals surface area contributed by atoms with Gasteiger partial charge in [0.15, 0.2) is 0 Å². The largest absolute Gasteiger partial charge is 0.340 e. The van der Waals surface area contributed by atoms with Crippen LogP contribution in [0.2, 0.25) is 0 Å². The third-order valence-electron chi connectivity index (χ3n) is 4.44. The van der Waals surface area contributed by atoms with E-state index in [0.29, 0.717) is 37.6 Å². The van der Waals surface area contributed by atoms with Crippen molar-refractivity contribution in [3.05, 3.63) is 29.3 Å². The van der Waals surface area contributed by atoms with Crippen LogP contribution in [-0.2, 0) is 14.8 Å². The van der Waals surface area contributed by atoms with Gasteiger partial charge >= 0.3 is 0 Å². The molecule has 1 unspecified atom stereocenters. The lowest BCUT2D eigenvalue weighted by Crippen LogP contribution is -2.52. The molecule has 0 aromatic heterocycles. The number of hydrogen-bond acceptors (Lipinski definition) is 4. The number of nitrogens with zero attached hydrogens (tertiary/aromatic N) is 2. The summed E-state index contributed by atoms with van der Waals surface area (Å²) in [7, 11) is -3.51. The molecule has 1 heterocycles. The zero-order valence-electron chi connectivity index (χ0n) is 14.4. The zero-order chi connectivity index (χ0) is 17.2. The van der Waals surface area contributed by atoms with Gasteiger partial charge in [0.2, 0.25) is 15.9 Å². The van der Waals surface area contributed by atoms with E-state index in [1.165, 1.54) is 4.31 Å². The quantitative estimate of drug-likeness (QED) is 0.855. The molecule has 1 fully saturated rings. The van der Waals surface area contributed by atoms with Crippen LogP contribution >= 0.6 is 12.4 Å². The number of halogens is 1. The van der Waals surface area contributed by atoms with E-state index in [-0.39, 0.29) is 24.2 Å². The molecule has 6 nitrogen and oxygen atoms in total. The fourth-order valence-corrected chi connectivity index (χ4v) is 4.09. The first-order valence-electron chi connectivity index (χ1n) is 7.83. The molecule has 1 atom stereocenters. The Kier molecular flexibility index (Phi) is 7.22. The molecular weight excluding hydrogens is 350 g/mol. The van der Waals surface area contributed by atoms with Crippen molar-refractivity contribution in [1.29, 1.82) is 0 Å². The molecule has 136 valence electrons. The minimum Gasteiger partial charge on any atom is -0.340 e. The van der Waals surface area contributed by atoms with Crippen LogP contribution < -0.4 is 5.73 Å². The highest BCUT2D eigenvalue weighted by atomic mass is 35.5. The predicted molar refractivity (Wildman–Crippen MR) is 96.7 cm³/mol. The second-order valence-corrected chi connectivity index (χ2v) is 8.05. The molecule has 0 spiro atoms. The molecule has 1 aromatic rings. The smallest absolute Gasteiger partial charge is 0.243 e. The Labute approximate surface area is 150 Å². The fraction of sp³-hybridized carbons (Fsp3) is 0.562. The molecular formula is C16H26ClN3O3S. The first-order valence-corrected chi connectivity index (χ1v) is 9.27. The fourth-order valence-electron chi connectivity index (χ4n) is 2.58. The van der Waals surface area contributed by atoms with Gasteiger partial charge in [-0.2, -0.15) is 4.31 Å². The van der Waals surface area contributed by atoms with Gasteiger partial charge in [-0.05, 0) is 37.1 Å². The molecule has 0 aliphatic carbocycles. The summed E-state index contributed by atoms with van der Waals surface area (Å²) in [6.07, 6.45) is 0. The van der Waals surface area contributed by atoms with Gasteiger partial charge in [0.1, 0.15) is 0 Å². The third-order valence-corrected chi connectivity index (χ3v) is 6.34. The van der Waals surface area contributed by atoms with E-state index in [1.54, 1.807) is 24.0 Å². The lowest BCUT2D eigenvalue weighted by Gasteiger charge is -2.35. The van der Waals surface area contributed by atoms with E-state index in [0.717, 1.165) is 11.1 Å². The summed E-state index contributed by atoms with van der Waals surface area (Å²) in [4.78, 5) is 14.1. The summed E-state index contributed by atoms with van der Waals surface area (Å²) in [5.74, 6) is -0.228. The van der Waals surface area contributed by atoms with Crippen LogP contribution in [0.15, 0.2) is 23.1 Å². The Hall–Kier alpha value is -1.15. The summed E-state index contributed by atoms with van der Waals surface area (Å²) in [6.45, 7) is 7.41. The van der Waals surface area contributed by atoms with E-state index < -0.39 is 10.0 Å². The number of benzene rings is 1. The van der Waals surface area contributed by atoms with E-state index in [4.69, 9.17) is 5.73 Å². The number of amides is 1. The van der Waals surface area contributed by atoms with E-state index >= 15 is 0 Å². The lowest BCUT2D eigenvalue weighted by molar-refractivity contribution is -0.135. The monoisotopic (exact) mass is 375 g/mol. The van der Waals surface area contributed by atoms with Crippen LogP contribution in [0.3, 0.4) is 0 Å². The Morgan fingerprint density at radius 1 is 1.17 bits per heavy atom. The maximum absolute atomic E-state index is 12.7. The number of nitrogens with two attached hydrogens (primary N) is 1. The van der Waals surface area contributed by atoms with Gasteiger partial charge in [-0.1, -0.05) is 13.0 Å². The maximum Gasteiger partial charge on any atom is 0.243 e. The van der Waals surface area contributed by atoms with Gasteiger partial charge in [0, 0.05) is 38.6 Å². The minimum absolute atomic E-state index is 0. The van der Waals surface area contributed by atoms with E-state index in [9.17, 15) is 13.2 Å². The van der Waals surface area contributed by atoms with Gasteiger partial charge in [0.05, 0.1) is 4.90 Å². The number of hydrogen-bond donors (Lipinski definition) is 1. The van der Waals surface area contributed by atoms with Crippen molar-refractivity contribution in [2.24, 2.45) is 11.7 Å². The van der Waals surface area contributed by atoms with E-state index in [1.807, 2.05) is 19.9 Å². The average molecular weight is 376 g/mol. The highest BCUT2D eigenvalue weighted by Gasteiger charge is 2.31. The average Bonchev–Trinajstić information content (AvgIpc) is 2.55. The summed E-state index contributed by atoms with van der Waals surface area (Å²) < 4.78 is 26.9. The molecule has 8 heteroatoms. The van der Waals surface area contributed by atoms with Crippen LogP contribution in [-0.4, -0.2) is 56.3 Å². The summed E-state index contributed by atoms with van der Waals surface area (Å²) in [6, 6.07) is 5.18. The number of sulfonamides is 1. The number of carbonyl (C=O) groups excluding carboxylic acids is 1. The van der Waals surface area contributed by atoms with Crippen LogP contribution in [0.25, 0.3) is 0 Å². The Bertz CT molecular complexity index is 686. The Morgan fingerprint density at radius 3 is 2.25 bits per heavy atom. The summed E-state index contributed by atoms with van der Waals surface area (Å²) >= 11 is 0. The first-order chi connectivity index (χ1) is 10.8. The Morgan fingerprint density at radius 2 is 1.75 bits per heavy atom. The SMILES string of the molecule is Cc1ccc(S(=O)(=O)N2CCN(C(=O)C(C)CN)CC2)cc1C.Cl. The number of piperazine rings is 1. The van der Waals surface area contributed by atoms with Crippen molar-refractivity contribution in [3.8, 4) is 0 Å². The third kappa shape index (κ3) is 4.27. The molecule has 24 heavy (non-hydrogen) atoms. The van der Waals surface area contributed by atoms with Crippen molar-refractivity contribution in [2.75, 3.05) is 32.7 Å². The summed E-state index contributed by atoms with van der Waals surface area (Å²) in [5, 5.41) is 0. The normalized spacial score (nSPS) is 17.2. The maximum atomic E-state index is 12.7. The number of aryl methyl sites for hydroxylation is 2. The molecule has 0 radical (unpaired) electrons. The van der Waals surface area contributed by atoms with Crippen molar-refractivity contribution in [2.45, 2.75) is 25.7 Å². The van der Waals surface area contributed by atoms with Crippen molar-refractivity contribution >= 4 is 28.3 Å². The van der Waals surface area contributed by atoms with Crippen molar-refractivity contribution < 1.29 is 13.2 Å². The Balaban J connectivity index is 0.00000288. The minimum atomic E-state index is -3.51. The van der Waals surface area contributed by atoms with Crippen molar-refractivity contribution in [1.82, 2.24) is 9.21 Å². The van der Waals surface area contributed by atoms with Crippen LogP contribution in [0.1, 0.15) is 18.1 Å². The molecule has 1 aliphatic heterocycles. The second kappa shape index (κ2) is 8.29. The molecule has 1 saturated heterocycles. The van der Waals surface area contributed by atoms with E-state index in [2.05, 4.69) is 0 Å². The molecule has 1 aliphatic rings. The van der Waals surface area contributed by atoms with Crippen molar-refractivity contribution in [3.63, 3.8) is 0 Å². The second-order valence-electron chi connectivity index (χ2n) is 6.11. The molecule has 2 N–H and O–H groups in total. The summed E-state index contributed by atoms with van der Waals surface area (Å²) in [5.41, 5.74) is 7.54. The van der Waals surface area contributed by atoms with Gasteiger partial charge < -0.3 is 10.6 Å². The topological polar surface area (TPSA) is 83.7 Å².